The highest BCUT2D eigenvalue weighted by Crippen LogP contribution is 2.27. The summed E-state index contributed by atoms with van der Waals surface area (Å²) in [6, 6.07) is 9.15. The lowest BCUT2D eigenvalue weighted by atomic mass is 9.96. The number of carbonyl (C=O) groups excluding carboxylic acids is 2. The molecule has 0 saturated heterocycles. The molecule has 19 heavy (non-hydrogen) atoms. The number of carbonyl (C=O) groups is 2. The topological polar surface area (TPSA) is 34.1 Å². The number of rotatable bonds is 6. The summed E-state index contributed by atoms with van der Waals surface area (Å²) in [5, 5.41) is 0. The maximum absolute atomic E-state index is 12.3. The Morgan fingerprint density at radius 3 is 2.26 bits per heavy atom. The number of nitrogens with zero attached hydrogens (tertiary/aromatic N) is 1. The van der Waals surface area contributed by atoms with E-state index in [0.29, 0.717) is 16.6 Å². The van der Waals surface area contributed by atoms with Gasteiger partial charge in [-0.1, -0.05) is 36.9 Å². The number of hydrogen-bond acceptors (Lipinski definition) is 2. The lowest BCUT2D eigenvalue weighted by Crippen LogP contribution is -3.00. The summed E-state index contributed by atoms with van der Waals surface area (Å²) in [6.45, 7) is 5.73. The van der Waals surface area contributed by atoms with Gasteiger partial charge in [-0.15, -0.1) is 0 Å². The molecule has 1 aromatic carbocycles. The third-order valence-corrected chi connectivity index (χ3v) is 3.03. The van der Waals surface area contributed by atoms with E-state index in [1.807, 2.05) is 44.4 Å². The molecular formula is C15H20ClNO2. The Balaban J connectivity index is 0.00000324. The third kappa shape index (κ3) is 4.30. The summed E-state index contributed by atoms with van der Waals surface area (Å²) in [6.07, 6.45) is 0.849. The van der Waals surface area contributed by atoms with E-state index in [4.69, 9.17) is 0 Å². The van der Waals surface area contributed by atoms with E-state index in [9.17, 15) is 9.59 Å². The van der Waals surface area contributed by atoms with Crippen LogP contribution in [0.15, 0.2) is 42.5 Å². The number of quaternary nitrogens is 1. The molecular weight excluding hydrogens is 262 g/mol. The van der Waals surface area contributed by atoms with Gasteiger partial charge < -0.3 is 16.9 Å². The minimum absolute atomic E-state index is 0. The minimum atomic E-state index is -0.381. The first-order chi connectivity index (χ1) is 8.40. The lowest BCUT2D eigenvalue weighted by molar-refractivity contribution is -0.902. The number of Topliss-reactive ketones (excluding diaryl/α,β-unsaturated/α-hetero) is 1. The average Bonchev–Trinajstić information content (AvgIpc) is 2.29. The van der Waals surface area contributed by atoms with Gasteiger partial charge in [0.05, 0.1) is 14.1 Å². The van der Waals surface area contributed by atoms with Gasteiger partial charge in [0.2, 0.25) is 5.78 Å². The van der Waals surface area contributed by atoms with Crippen molar-refractivity contribution in [1.29, 1.82) is 0 Å². The van der Waals surface area contributed by atoms with Crippen LogP contribution in [0.5, 0.6) is 0 Å². The molecule has 104 valence electrons. The molecule has 0 aromatic heterocycles. The Bertz CT molecular complexity index is 454. The predicted octanol–water partition coefficient (Wildman–Crippen LogP) is -0.848. The van der Waals surface area contributed by atoms with Gasteiger partial charge in [-0.25, -0.2) is 0 Å². The van der Waals surface area contributed by atoms with E-state index < -0.39 is 0 Å². The van der Waals surface area contributed by atoms with Gasteiger partial charge in [0.1, 0.15) is 6.54 Å². The summed E-state index contributed by atoms with van der Waals surface area (Å²) < 4.78 is 0.305. The summed E-state index contributed by atoms with van der Waals surface area (Å²) in [5.74, 6) is -0.0203. The van der Waals surface area contributed by atoms with Crippen LogP contribution >= 0.6 is 0 Å². The molecule has 0 fully saturated rings. The normalized spacial score (nSPS) is 12.2. The van der Waals surface area contributed by atoms with Crippen LogP contribution in [-0.4, -0.2) is 37.2 Å². The molecule has 0 bridgehead atoms. The molecule has 0 aliphatic rings. The number of likely N-dealkylation sites (N-methyl/N-ethyl adjacent to an activating group) is 1. The van der Waals surface area contributed by atoms with Gasteiger partial charge in [-0.3, -0.25) is 9.59 Å². The summed E-state index contributed by atoms with van der Waals surface area (Å²) in [5.41, 5.74) is 1.43. The molecule has 0 amide bonds. The van der Waals surface area contributed by atoms with E-state index in [-0.39, 0.29) is 24.2 Å². The van der Waals surface area contributed by atoms with Crippen molar-refractivity contribution in [2.75, 3.05) is 20.6 Å². The van der Waals surface area contributed by atoms with Crippen LogP contribution in [0.3, 0.4) is 0 Å². The van der Waals surface area contributed by atoms with Crippen LogP contribution in [0.1, 0.15) is 18.5 Å². The van der Waals surface area contributed by atoms with Crippen LogP contribution in [0.25, 0.3) is 0 Å². The molecule has 1 unspecified atom stereocenters. The zero-order valence-corrected chi connectivity index (χ0v) is 12.4. The van der Waals surface area contributed by atoms with Gasteiger partial charge in [0.15, 0.2) is 12.3 Å². The van der Waals surface area contributed by atoms with Crippen LogP contribution in [0.4, 0.5) is 0 Å². The molecule has 0 saturated carbocycles. The van der Waals surface area contributed by atoms with E-state index in [1.165, 1.54) is 0 Å². The fourth-order valence-electron chi connectivity index (χ4n) is 2.04. The molecule has 0 radical (unpaired) electrons. The van der Waals surface area contributed by atoms with Gasteiger partial charge in [0.25, 0.3) is 0 Å². The number of halogens is 1. The van der Waals surface area contributed by atoms with Crippen molar-refractivity contribution in [3.63, 3.8) is 0 Å². The van der Waals surface area contributed by atoms with Crippen LogP contribution in [0.2, 0.25) is 0 Å². The third-order valence-electron chi connectivity index (χ3n) is 3.03. The number of hydrogen-bond donors (Lipinski definition) is 0. The van der Waals surface area contributed by atoms with Crippen molar-refractivity contribution in [1.82, 2.24) is 0 Å². The fourth-order valence-corrected chi connectivity index (χ4v) is 2.04. The fraction of sp³-hybridized carbons (Fsp3) is 0.333. The minimum Gasteiger partial charge on any atom is -1.00 e. The van der Waals surface area contributed by atoms with Crippen LogP contribution < -0.4 is 12.4 Å². The van der Waals surface area contributed by atoms with Gasteiger partial charge in [-0.05, 0) is 12.5 Å². The second-order valence-electron chi connectivity index (χ2n) is 5.09. The summed E-state index contributed by atoms with van der Waals surface area (Å²) >= 11 is 0. The van der Waals surface area contributed by atoms with Crippen molar-refractivity contribution in [3.8, 4) is 0 Å². The Morgan fingerprint density at radius 2 is 1.84 bits per heavy atom. The van der Waals surface area contributed by atoms with Crippen LogP contribution in [0, 0.1) is 0 Å². The lowest BCUT2D eigenvalue weighted by Gasteiger charge is -2.35. The van der Waals surface area contributed by atoms with E-state index in [0.717, 1.165) is 11.8 Å². The highest BCUT2D eigenvalue weighted by Gasteiger charge is 2.36. The van der Waals surface area contributed by atoms with E-state index in [1.54, 1.807) is 6.92 Å². The van der Waals surface area contributed by atoms with E-state index in [2.05, 4.69) is 6.58 Å². The molecule has 0 spiro atoms. The maximum atomic E-state index is 12.3. The second kappa shape index (κ2) is 7.22. The summed E-state index contributed by atoms with van der Waals surface area (Å²) in [7, 11) is 3.76. The first kappa shape index (κ1) is 17.6. The average molecular weight is 282 g/mol. The van der Waals surface area contributed by atoms with Crippen molar-refractivity contribution in [2.24, 2.45) is 0 Å². The molecule has 1 rings (SSSR count). The zero-order valence-electron chi connectivity index (χ0n) is 11.6. The van der Waals surface area contributed by atoms with Gasteiger partial charge >= 0.3 is 0 Å². The molecule has 3 nitrogen and oxygen atoms in total. The smallest absolute Gasteiger partial charge is 0.219 e. The monoisotopic (exact) mass is 281 g/mol. The predicted molar refractivity (Wildman–Crippen MR) is 72.0 cm³/mol. The van der Waals surface area contributed by atoms with Crippen molar-refractivity contribution >= 4 is 12.1 Å². The second-order valence-corrected chi connectivity index (χ2v) is 5.09. The molecule has 0 aliphatic carbocycles. The summed E-state index contributed by atoms with van der Waals surface area (Å²) in [4.78, 5) is 23.1. The molecule has 0 aliphatic heterocycles. The molecule has 4 heteroatoms. The molecule has 0 heterocycles. The van der Waals surface area contributed by atoms with Gasteiger partial charge in [0, 0.05) is 5.56 Å². The van der Waals surface area contributed by atoms with Crippen molar-refractivity contribution in [3.05, 3.63) is 48.0 Å². The molecule has 1 atom stereocenters. The Labute approximate surface area is 120 Å². The first-order valence-corrected chi connectivity index (χ1v) is 5.91. The standard InChI is InChI=1S/C15H20NO2.ClH/c1-12(2)15(18)14(16(3,4)10-11-17)13-8-6-5-7-9-13;/h5-9,11,14H,1,10H2,2-4H3;1H/q+1;/p-1. The van der Waals surface area contributed by atoms with Crippen molar-refractivity contribution in [2.45, 2.75) is 13.0 Å². The maximum Gasteiger partial charge on any atom is 0.219 e. The number of ketones is 1. The highest BCUT2D eigenvalue weighted by atomic mass is 35.5. The highest BCUT2D eigenvalue weighted by molar-refractivity contribution is 5.98. The first-order valence-electron chi connectivity index (χ1n) is 5.91. The zero-order chi connectivity index (χ0) is 13.8. The molecule has 1 aromatic rings. The Kier molecular flexibility index (Phi) is 6.67. The van der Waals surface area contributed by atoms with Gasteiger partial charge in [-0.2, -0.15) is 0 Å². The number of aldehydes is 1. The number of benzene rings is 1. The molecule has 0 N–H and O–H groups in total. The van der Waals surface area contributed by atoms with E-state index >= 15 is 0 Å². The Morgan fingerprint density at radius 1 is 1.32 bits per heavy atom. The largest absolute Gasteiger partial charge is 1.00 e. The quantitative estimate of drug-likeness (QED) is 0.387. The van der Waals surface area contributed by atoms with Crippen molar-refractivity contribution < 1.29 is 26.5 Å². The SMILES string of the molecule is C=C(C)C(=O)C(c1ccccc1)[N+](C)(C)CC=O.[Cl-]. The Hall–Kier alpha value is -1.45. The van der Waals surface area contributed by atoms with Crippen LogP contribution in [-0.2, 0) is 9.59 Å².